The first-order chi connectivity index (χ1) is 19.1. The van der Waals surface area contributed by atoms with Crippen molar-refractivity contribution >= 4 is 35.0 Å². The molecule has 0 unspecified atom stereocenters. The van der Waals surface area contributed by atoms with Gasteiger partial charge in [0.15, 0.2) is 0 Å². The van der Waals surface area contributed by atoms with E-state index in [1.54, 1.807) is 11.1 Å². The van der Waals surface area contributed by atoms with Gasteiger partial charge in [0.2, 0.25) is 0 Å². The summed E-state index contributed by atoms with van der Waals surface area (Å²) >= 11 is 0. The van der Waals surface area contributed by atoms with Crippen molar-refractivity contribution in [1.29, 1.82) is 0 Å². The Balaban J connectivity index is 1.09. The monoisotopic (exact) mass is 543 g/mol. The predicted molar refractivity (Wildman–Crippen MR) is 153 cm³/mol. The lowest BCUT2D eigenvalue weighted by Gasteiger charge is -2.43. The van der Waals surface area contributed by atoms with E-state index in [2.05, 4.69) is 27.3 Å². The quantitative estimate of drug-likeness (QED) is 0.494. The van der Waals surface area contributed by atoms with Crippen molar-refractivity contribution in [2.24, 2.45) is 0 Å². The number of piperazine rings is 1. The summed E-state index contributed by atoms with van der Waals surface area (Å²) in [4.78, 5) is 41.8. The van der Waals surface area contributed by atoms with Crippen LogP contribution in [0, 0.1) is 6.92 Å². The fourth-order valence-electron chi connectivity index (χ4n) is 6.33. The van der Waals surface area contributed by atoms with Crippen LogP contribution in [0.25, 0.3) is 5.65 Å². The molecule has 10 nitrogen and oxygen atoms in total. The van der Waals surface area contributed by atoms with Crippen LogP contribution in [0.5, 0.6) is 0 Å². The van der Waals surface area contributed by atoms with Gasteiger partial charge in [-0.1, -0.05) is 0 Å². The van der Waals surface area contributed by atoms with E-state index in [9.17, 15) is 9.59 Å². The molecule has 2 saturated carbocycles. The molecular formula is C30H37N7O3. The number of hydrogen-bond donors (Lipinski definition) is 1. The van der Waals surface area contributed by atoms with Gasteiger partial charge in [0.1, 0.15) is 17.1 Å². The smallest absolute Gasteiger partial charge is 0.410 e. The zero-order valence-electron chi connectivity index (χ0n) is 23.7. The van der Waals surface area contributed by atoms with Gasteiger partial charge in [-0.25, -0.2) is 19.6 Å². The number of carbonyl (C=O) groups excluding carboxylic acids is 2. The number of nitrogens with one attached hydrogen (secondary N) is 1. The molecule has 2 aliphatic carbocycles. The largest absolute Gasteiger partial charge is 0.444 e. The first-order valence-corrected chi connectivity index (χ1v) is 14.4. The first kappa shape index (κ1) is 25.2. The van der Waals surface area contributed by atoms with Crippen LogP contribution in [0.2, 0.25) is 0 Å². The average Bonchev–Trinajstić information content (AvgIpc) is 3.79. The molecule has 0 radical (unpaired) electrons. The molecule has 4 aliphatic rings. The number of nitrogens with zero attached hydrogens (tertiary/aromatic N) is 6. The number of amides is 3. The van der Waals surface area contributed by atoms with Crippen molar-refractivity contribution in [2.75, 3.05) is 41.3 Å². The third kappa shape index (κ3) is 4.43. The Bertz CT molecular complexity index is 1520. The molecule has 1 saturated heterocycles. The van der Waals surface area contributed by atoms with Crippen LogP contribution in [0.4, 0.5) is 26.8 Å². The van der Waals surface area contributed by atoms with Crippen molar-refractivity contribution < 1.29 is 14.3 Å². The molecule has 0 aromatic carbocycles. The zero-order chi connectivity index (χ0) is 27.8. The minimum atomic E-state index is -0.511. The van der Waals surface area contributed by atoms with Gasteiger partial charge in [0, 0.05) is 61.6 Å². The third-order valence-electron chi connectivity index (χ3n) is 8.50. The summed E-state index contributed by atoms with van der Waals surface area (Å²) in [5.41, 5.74) is 5.45. The Labute approximate surface area is 234 Å². The number of pyridine rings is 2. The maximum atomic E-state index is 13.5. The fourth-order valence-corrected chi connectivity index (χ4v) is 6.33. The molecule has 2 aliphatic heterocycles. The molecule has 3 fully saturated rings. The highest BCUT2D eigenvalue weighted by Crippen LogP contribution is 2.47. The predicted octanol–water partition coefficient (Wildman–Crippen LogP) is 5.10. The van der Waals surface area contributed by atoms with E-state index in [-0.39, 0.29) is 17.7 Å². The lowest BCUT2D eigenvalue weighted by atomic mass is 10.1. The molecule has 1 spiro atoms. The third-order valence-corrected chi connectivity index (χ3v) is 8.50. The summed E-state index contributed by atoms with van der Waals surface area (Å²) in [6.07, 6.45) is 10.6. The molecule has 210 valence electrons. The Morgan fingerprint density at radius 2 is 1.93 bits per heavy atom. The van der Waals surface area contributed by atoms with Crippen LogP contribution >= 0.6 is 0 Å². The minimum absolute atomic E-state index is 0.171. The first-order valence-electron chi connectivity index (χ1n) is 14.4. The van der Waals surface area contributed by atoms with Gasteiger partial charge in [-0.2, -0.15) is 0 Å². The Hall–Kier alpha value is -3.82. The molecule has 3 aromatic rings. The fraction of sp³-hybridized carbons (Fsp3) is 0.533. The number of aryl methyl sites for hydroxylation is 1. The number of anilines is 3. The van der Waals surface area contributed by atoms with E-state index in [1.807, 2.05) is 49.4 Å². The van der Waals surface area contributed by atoms with Gasteiger partial charge >= 0.3 is 12.1 Å². The van der Waals surface area contributed by atoms with Crippen LogP contribution < -0.4 is 15.1 Å². The van der Waals surface area contributed by atoms with Gasteiger partial charge in [-0.05, 0) is 77.8 Å². The summed E-state index contributed by atoms with van der Waals surface area (Å²) in [7, 11) is 0. The summed E-state index contributed by atoms with van der Waals surface area (Å²) in [5, 5.41) is 3.13. The van der Waals surface area contributed by atoms with E-state index in [0.717, 1.165) is 66.4 Å². The molecule has 7 rings (SSSR count). The van der Waals surface area contributed by atoms with Crippen LogP contribution in [0.3, 0.4) is 0 Å². The number of urea groups is 1. The molecule has 3 amide bonds. The van der Waals surface area contributed by atoms with Gasteiger partial charge in [-0.15, -0.1) is 0 Å². The van der Waals surface area contributed by atoms with Crippen molar-refractivity contribution in [3.05, 3.63) is 47.5 Å². The van der Waals surface area contributed by atoms with E-state index in [1.165, 1.54) is 18.4 Å². The lowest BCUT2D eigenvalue weighted by molar-refractivity contribution is 0.0106. The van der Waals surface area contributed by atoms with Crippen LogP contribution in [-0.4, -0.2) is 68.7 Å². The molecule has 5 heterocycles. The molecule has 0 atom stereocenters. The lowest BCUT2D eigenvalue weighted by Crippen LogP contribution is -2.58. The molecule has 3 aromatic heterocycles. The minimum Gasteiger partial charge on any atom is -0.444 e. The highest BCUT2D eigenvalue weighted by Gasteiger charge is 2.54. The summed E-state index contributed by atoms with van der Waals surface area (Å²) < 4.78 is 7.73. The van der Waals surface area contributed by atoms with Crippen LogP contribution in [-0.2, 0) is 11.2 Å². The molecule has 40 heavy (non-hydrogen) atoms. The van der Waals surface area contributed by atoms with Gasteiger partial charge < -0.3 is 19.4 Å². The van der Waals surface area contributed by atoms with E-state index >= 15 is 0 Å². The van der Waals surface area contributed by atoms with Crippen LogP contribution in [0.15, 0.2) is 30.7 Å². The normalized spacial score (nSPS) is 19.8. The number of ether oxygens (including phenoxy) is 1. The molecule has 1 N–H and O–H groups in total. The highest BCUT2D eigenvalue weighted by molar-refractivity contribution is 6.03. The van der Waals surface area contributed by atoms with E-state index in [4.69, 9.17) is 9.72 Å². The number of hydrogen-bond acceptors (Lipinski definition) is 6. The van der Waals surface area contributed by atoms with Crippen molar-refractivity contribution in [2.45, 2.75) is 76.9 Å². The number of imidazole rings is 1. The molecular weight excluding hydrogens is 506 g/mol. The maximum absolute atomic E-state index is 13.5. The number of rotatable bonds is 3. The second-order valence-electron chi connectivity index (χ2n) is 12.8. The number of aromatic nitrogens is 3. The second kappa shape index (κ2) is 8.84. The van der Waals surface area contributed by atoms with Crippen molar-refractivity contribution in [3.8, 4) is 0 Å². The van der Waals surface area contributed by atoms with Gasteiger partial charge in [-0.3, -0.25) is 9.80 Å². The Morgan fingerprint density at radius 1 is 1.12 bits per heavy atom. The zero-order valence-corrected chi connectivity index (χ0v) is 23.7. The molecule has 0 bridgehead atoms. The number of carbonyl (C=O) groups is 2. The van der Waals surface area contributed by atoms with E-state index < -0.39 is 5.60 Å². The standard InChI is InChI=1S/C30H37N7O3/c1-19-16-35-17-21(15-23(20-5-6-20)26(35)32-19)33-27(38)36-12-8-22-24(7-11-31-25(22)36)34-13-14-37(30(18-34)9-10-30)28(39)40-29(2,3)4/h7,11,15-17,20H,5-6,8-10,12-14,18H2,1-4H3,(H,33,38). The highest BCUT2D eigenvalue weighted by atomic mass is 16.6. The van der Waals surface area contributed by atoms with Crippen molar-refractivity contribution in [1.82, 2.24) is 19.3 Å². The SMILES string of the molecule is Cc1cn2cc(NC(=O)N3CCc4c(N5CCN(C(=O)OC(C)(C)C)C6(CC6)C5)ccnc43)cc(C3CC3)c2n1. The second-order valence-corrected chi connectivity index (χ2v) is 12.8. The topological polar surface area (TPSA) is 95.3 Å². The van der Waals surface area contributed by atoms with E-state index in [0.29, 0.717) is 19.0 Å². The summed E-state index contributed by atoms with van der Waals surface area (Å²) in [6, 6.07) is 3.96. The van der Waals surface area contributed by atoms with Gasteiger partial charge in [0.05, 0.1) is 16.9 Å². The summed E-state index contributed by atoms with van der Waals surface area (Å²) in [5.74, 6) is 1.24. The van der Waals surface area contributed by atoms with Gasteiger partial charge in [0.25, 0.3) is 0 Å². The van der Waals surface area contributed by atoms with Crippen molar-refractivity contribution in [3.63, 3.8) is 0 Å². The summed E-state index contributed by atoms with van der Waals surface area (Å²) in [6.45, 7) is 10.4. The Kier molecular flexibility index (Phi) is 5.56. The number of fused-ring (bicyclic) bond motifs is 2. The maximum Gasteiger partial charge on any atom is 0.410 e. The van der Waals surface area contributed by atoms with Crippen LogP contribution in [0.1, 0.15) is 69.2 Å². The Morgan fingerprint density at radius 3 is 2.65 bits per heavy atom. The molecule has 10 heteroatoms. The average molecular weight is 544 g/mol.